The Morgan fingerprint density at radius 3 is 2.59 bits per heavy atom. The molecule has 1 aromatic heterocycles. The van der Waals surface area contributed by atoms with Gasteiger partial charge in [0.25, 0.3) is 5.91 Å². The molecule has 0 bridgehead atoms. The monoisotopic (exact) mass is 301 g/mol. The highest BCUT2D eigenvalue weighted by Crippen LogP contribution is 2.17. The van der Waals surface area contributed by atoms with Gasteiger partial charge in [-0.25, -0.2) is 13.6 Å². The zero-order chi connectivity index (χ0) is 15.7. The highest BCUT2D eigenvalue weighted by molar-refractivity contribution is 6.03. The van der Waals surface area contributed by atoms with Crippen LogP contribution in [0.3, 0.4) is 0 Å². The van der Waals surface area contributed by atoms with Crippen LogP contribution in [0.2, 0.25) is 0 Å². The molecule has 0 saturated heterocycles. The molecule has 0 radical (unpaired) electrons. The van der Waals surface area contributed by atoms with Gasteiger partial charge < -0.3 is 9.73 Å². The average molecular weight is 301 g/mol. The number of fused-ring (bicyclic) bond motifs is 1. The Morgan fingerprint density at radius 2 is 1.82 bits per heavy atom. The van der Waals surface area contributed by atoms with E-state index in [1.165, 1.54) is 6.07 Å². The minimum atomic E-state index is -0.920. The van der Waals surface area contributed by atoms with Gasteiger partial charge in [-0.1, -0.05) is 18.2 Å². The quantitative estimate of drug-likeness (QED) is 0.790. The van der Waals surface area contributed by atoms with Crippen LogP contribution in [0.25, 0.3) is 10.8 Å². The Morgan fingerprint density at radius 1 is 1.05 bits per heavy atom. The molecule has 1 amide bonds. The first-order chi connectivity index (χ1) is 10.5. The first-order valence-corrected chi connectivity index (χ1v) is 6.34. The molecule has 1 N–H and O–H groups in total. The standard InChI is InChI=1S/C16H9F2NO3/c17-10-5-6-13(12(18)8-10)19-15(20)14-7-9-3-1-2-4-11(9)16(21)22-14/h1-8H,(H,19,20). The molecule has 1 heterocycles. The van der Waals surface area contributed by atoms with E-state index in [4.69, 9.17) is 4.42 Å². The average Bonchev–Trinajstić information content (AvgIpc) is 2.50. The van der Waals surface area contributed by atoms with Crippen molar-refractivity contribution in [3.05, 3.63) is 76.3 Å². The minimum Gasteiger partial charge on any atom is -0.417 e. The number of carbonyl (C=O) groups is 1. The summed E-state index contributed by atoms with van der Waals surface area (Å²) in [6, 6.07) is 10.7. The van der Waals surface area contributed by atoms with Crippen LogP contribution < -0.4 is 10.9 Å². The molecule has 4 nitrogen and oxygen atoms in total. The number of halogens is 2. The van der Waals surface area contributed by atoms with E-state index in [0.29, 0.717) is 16.8 Å². The lowest BCUT2D eigenvalue weighted by Crippen LogP contribution is -2.15. The number of carbonyl (C=O) groups excluding carboxylic acids is 1. The molecule has 3 rings (SSSR count). The second-order valence-electron chi connectivity index (χ2n) is 4.56. The lowest BCUT2D eigenvalue weighted by Gasteiger charge is -2.06. The third kappa shape index (κ3) is 2.58. The van der Waals surface area contributed by atoms with Crippen molar-refractivity contribution in [2.45, 2.75) is 0 Å². The minimum absolute atomic E-state index is 0.206. The molecule has 0 aliphatic rings. The molecule has 0 aliphatic heterocycles. The molecule has 0 unspecified atom stereocenters. The maximum atomic E-state index is 13.5. The normalized spacial score (nSPS) is 10.6. The number of anilines is 1. The highest BCUT2D eigenvalue weighted by atomic mass is 19.1. The van der Waals surface area contributed by atoms with Crippen molar-refractivity contribution in [1.29, 1.82) is 0 Å². The Bertz CT molecular complexity index is 934. The van der Waals surface area contributed by atoms with Crippen molar-refractivity contribution in [1.82, 2.24) is 0 Å². The number of amides is 1. The summed E-state index contributed by atoms with van der Waals surface area (Å²) < 4.78 is 31.3. The number of nitrogens with one attached hydrogen (secondary N) is 1. The molecule has 2 aromatic carbocycles. The highest BCUT2D eigenvalue weighted by Gasteiger charge is 2.14. The van der Waals surface area contributed by atoms with E-state index >= 15 is 0 Å². The summed E-state index contributed by atoms with van der Waals surface area (Å²) >= 11 is 0. The maximum Gasteiger partial charge on any atom is 0.344 e. The van der Waals surface area contributed by atoms with Gasteiger partial charge in [-0.15, -0.1) is 0 Å². The zero-order valence-electron chi connectivity index (χ0n) is 11.1. The van der Waals surface area contributed by atoms with Gasteiger partial charge in [0.2, 0.25) is 0 Å². The molecule has 22 heavy (non-hydrogen) atoms. The van der Waals surface area contributed by atoms with Gasteiger partial charge in [-0.05, 0) is 29.7 Å². The fourth-order valence-corrected chi connectivity index (χ4v) is 2.02. The summed E-state index contributed by atoms with van der Waals surface area (Å²) in [7, 11) is 0. The van der Waals surface area contributed by atoms with Crippen molar-refractivity contribution < 1.29 is 18.0 Å². The number of rotatable bonds is 2. The van der Waals surface area contributed by atoms with E-state index in [-0.39, 0.29) is 11.4 Å². The van der Waals surface area contributed by atoms with Crippen molar-refractivity contribution >= 4 is 22.4 Å². The Labute approximate surface area is 123 Å². The number of benzene rings is 2. The maximum absolute atomic E-state index is 13.5. The third-order valence-corrected chi connectivity index (χ3v) is 3.07. The van der Waals surface area contributed by atoms with Crippen LogP contribution in [0, 0.1) is 11.6 Å². The summed E-state index contributed by atoms with van der Waals surface area (Å²) in [6.45, 7) is 0. The number of hydrogen-bond acceptors (Lipinski definition) is 3. The largest absolute Gasteiger partial charge is 0.417 e. The van der Waals surface area contributed by atoms with E-state index in [0.717, 1.165) is 12.1 Å². The lowest BCUT2D eigenvalue weighted by molar-refractivity contribution is 0.0992. The van der Waals surface area contributed by atoms with E-state index in [1.54, 1.807) is 24.3 Å². The molecule has 0 spiro atoms. The fraction of sp³-hybridized carbons (Fsp3) is 0. The molecule has 0 aliphatic carbocycles. The van der Waals surface area contributed by atoms with E-state index in [9.17, 15) is 18.4 Å². The van der Waals surface area contributed by atoms with E-state index in [2.05, 4.69) is 5.32 Å². The molecule has 0 atom stereocenters. The zero-order valence-corrected chi connectivity index (χ0v) is 11.1. The van der Waals surface area contributed by atoms with Crippen LogP contribution in [-0.4, -0.2) is 5.91 Å². The summed E-state index contributed by atoms with van der Waals surface area (Å²) in [4.78, 5) is 23.8. The smallest absolute Gasteiger partial charge is 0.344 e. The predicted octanol–water partition coefficient (Wildman–Crippen LogP) is 3.32. The van der Waals surface area contributed by atoms with E-state index < -0.39 is 23.2 Å². The van der Waals surface area contributed by atoms with Gasteiger partial charge in [-0.3, -0.25) is 4.79 Å². The van der Waals surface area contributed by atoms with Crippen LogP contribution in [0.1, 0.15) is 10.6 Å². The molecular weight excluding hydrogens is 292 g/mol. The topological polar surface area (TPSA) is 59.3 Å². The summed E-state index contributed by atoms with van der Waals surface area (Å²) in [5.41, 5.74) is -0.870. The van der Waals surface area contributed by atoms with E-state index in [1.807, 2.05) is 0 Å². The molecule has 110 valence electrons. The summed E-state index contributed by atoms with van der Waals surface area (Å²) in [5.74, 6) is -2.73. The summed E-state index contributed by atoms with van der Waals surface area (Å²) in [5, 5.41) is 3.10. The first kappa shape index (κ1) is 13.9. The van der Waals surface area contributed by atoms with Gasteiger partial charge in [-0.2, -0.15) is 0 Å². The van der Waals surface area contributed by atoms with Crippen molar-refractivity contribution in [2.24, 2.45) is 0 Å². The molecule has 6 heteroatoms. The van der Waals surface area contributed by atoms with Crippen LogP contribution in [0.5, 0.6) is 0 Å². The first-order valence-electron chi connectivity index (χ1n) is 6.34. The third-order valence-electron chi connectivity index (χ3n) is 3.07. The number of hydrogen-bond donors (Lipinski definition) is 1. The van der Waals surface area contributed by atoms with Gasteiger partial charge in [0.05, 0.1) is 11.1 Å². The molecule has 0 fully saturated rings. The lowest BCUT2D eigenvalue weighted by atomic mass is 10.1. The molecule has 3 aromatic rings. The van der Waals surface area contributed by atoms with Gasteiger partial charge in [0.15, 0.2) is 5.76 Å². The predicted molar refractivity (Wildman–Crippen MR) is 76.8 cm³/mol. The molecular formula is C16H9F2NO3. The summed E-state index contributed by atoms with van der Waals surface area (Å²) in [6.07, 6.45) is 0. The van der Waals surface area contributed by atoms with Crippen LogP contribution >= 0.6 is 0 Å². The van der Waals surface area contributed by atoms with Gasteiger partial charge in [0.1, 0.15) is 11.6 Å². The van der Waals surface area contributed by atoms with Crippen LogP contribution in [0.4, 0.5) is 14.5 Å². The van der Waals surface area contributed by atoms with Gasteiger partial charge in [0, 0.05) is 6.07 Å². The molecule has 0 saturated carbocycles. The van der Waals surface area contributed by atoms with Crippen molar-refractivity contribution in [3.63, 3.8) is 0 Å². The second kappa shape index (κ2) is 5.40. The Hall–Kier alpha value is -3.02. The van der Waals surface area contributed by atoms with Crippen LogP contribution in [-0.2, 0) is 0 Å². The van der Waals surface area contributed by atoms with Gasteiger partial charge >= 0.3 is 5.63 Å². The second-order valence-corrected chi connectivity index (χ2v) is 4.56. The SMILES string of the molecule is O=C(Nc1ccc(F)cc1F)c1cc2ccccc2c(=O)o1. The Kier molecular flexibility index (Phi) is 3.42. The van der Waals surface area contributed by atoms with Crippen molar-refractivity contribution in [2.75, 3.05) is 5.32 Å². The van der Waals surface area contributed by atoms with Crippen LogP contribution in [0.15, 0.2) is 57.7 Å². The fourth-order valence-electron chi connectivity index (χ4n) is 2.02. The van der Waals surface area contributed by atoms with Crippen molar-refractivity contribution in [3.8, 4) is 0 Å². The Balaban J connectivity index is 1.97.